The summed E-state index contributed by atoms with van der Waals surface area (Å²) in [5.41, 5.74) is 2.68. The van der Waals surface area contributed by atoms with E-state index in [1.54, 1.807) is 11.8 Å². The lowest BCUT2D eigenvalue weighted by atomic mass is 9.94. The van der Waals surface area contributed by atoms with Crippen LogP contribution in [0.5, 0.6) is 5.75 Å². The number of nitrogens with zero attached hydrogens (tertiary/aromatic N) is 2. The summed E-state index contributed by atoms with van der Waals surface area (Å²) in [5, 5.41) is 0.435. The Morgan fingerprint density at radius 1 is 1.09 bits per heavy atom. The van der Waals surface area contributed by atoms with Crippen LogP contribution in [0.4, 0.5) is 0 Å². The molecule has 1 fully saturated rings. The Morgan fingerprint density at radius 3 is 2.47 bits per heavy atom. The highest BCUT2D eigenvalue weighted by Gasteiger charge is 2.47. The Morgan fingerprint density at radius 2 is 1.81 bits per heavy atom. The lowest BCUT2D eigenvalue weighted by Crippen LogP contribution is -2.40. The molecule has 0 saturated carbocycles. The van der Waals surface area contributed by atoms with Gasteiger partial charge in [-0.2, -0.15) is 0 Å². The average molecular weight is 451 g/mol. The molecule has 2 atom stereocenters. The van der Waals surface area contributed by atoms with Gasteiger partial charge in [0.25, 0.3) is 0 Å². The van der Waals surface area contributed by atoms with Gasteiger partial charge in [-0.15, -0.1) is 0 Å². The number of amides is 1. The third-order valence-electron chi connectivity index (χ3n) is 5.46. The van der Waals surface area contributed by atoms with Crippen molar-refractivity contribution in [3.8, 4) is 5.75 Å². The second kappa shape index (κ2) is 9.61. The van der Waals surface area contributed by atoms with Crippen LogP contribution < -0.4 is 4.74 Å². The van der Waals surface area contributed by atoms with E-state index in [9.17, 15) is 9.59 Å². The summed E-state index contributed by atoms with van der Waals surface area (Å²) in [6.45, 7) is 6.43. The molecule has 0 spiro atoms. The van der Waals surface area contributed by atoms with Gasteiger partial charge in [0.15, 0.2) is 5.17 Å². The number of rotatable bonds is 7. The van der Waals surface area contributed by atoms with Crippen molar-refractivity contribution in [2.75, 3.05) is 6.61 Å². The molecule has 0 N–H and O–H groups in total. The maximum absolute atomic E-state index is 13.3. The number of aliphatic imine (C=N–C) groups is 1. The summed E-state index contributed by atoms with van der Waals surface area (Å²) in [5.74, 6) is 0.241. The third-order valence-corrected chi connectivity index (χ3v) is 6.78. The number of fused-ring (bicyclic) bond motifs is 1. The van der Waals surface area contributed by atoms with Gasteiger partial charge in [-0.3, -0.25) is 9.69 Å². The predicted molar refractivity (Wildman–Crippen MR) is 125 cm³/mol. The Labute approximate surface area is 192 Å². The monoisotopic (exact) mass is 450 g/mol. The van der Waals surface area contributed by atoms with Crippen molar-refractivity contribution in [2.45, 2.75) is 45.1 Å². The van der Waals surface area contributed by atoms with Crippen LogP contribution in [0.3, 0.4) is 0 Å². The molecule has 2 aromatic carbocycles. The van der Waals surface area contributed by atoms with E-state index in [-0.39, 0.29) is 17.8 Å². The Balaban J connectivity index is 1.69. The topological polar surface area (TPSA) is 68.2 Å². The van der Waals surface area contributed by atoms with E-state index in [4.69, 9.17) is 9.47 Å². The van der Waals surface area contributed by atoms with Crippen LogP contribution in [0, 0.1) is 0 Å². The molecule has 2 unspecified atom stereocenters. The number of esters is 1. The molecule has 4 rings (SSSR count). The second-order valence-corrected chi connectivity index (χ2v) is 8.75. The molecule has 2 aromatic rings. The van der Waals surface area contributed by atoms with Gasteiger partial charge in [0, 0.05) is 0 Å². The second-order valence-electron chi connectivity index (χ2n) is 7.58. The largest absolute Gasteiger partial charge is 0.494 e. The molecule has 1 amide bonds. The number of ether oxygens (including phenoxy) is 2. The number of carbonyl (C=O) groups is 2. The summed E-state index contributed by atoms with van der Waals surface area (Å²) >= 11 is 1.46. The first-order valence-corrected chi connectivity index (χ1v) is 11.6. The van der Waals surface area contributed by atoms with E-state index >= 15 is 0 Å². The average Bonchev–Trinajstić information content (AvgIpc) is 3.13. The van der Waals surface area contributed by atoms with Gasteiger partial charge in [-0.05, 0) is 43.5 Å². The number of carbonyl (C=O) groups excluding carboxylic acids is 2. The standard InChI is InChI=1S/C25H26N2O4S/c1-4-20-23(28)27-22(18-11-13-19(14-12-18)30-5-2)21(16(3)26-25(27)32-20)24(29)31-15-17-9-7-6-8-10-17/h6-14,20,22H,4-5,15H2,1-3H3. The molecule has 7 heteroatoms. The number of hydrogen-bond donors (Lipinski definition) is 0. The fourth-order valence-corrected chi connectivity index (χ4v) is 5.01. The summed E-state index contributed by atoms with van der Waals surface area (Å²) in [6, 6.07) is 16.5. The van der Waals surface area contributed by atoms with Gasteiger partial charge >= 0.3 is 5.97 Å². The van der Waals surface area contributed by atoms with Crippen molar-refractivity contribution < 1.29 is 19.1 Å². The predicted octanol–water partition coefficient (Wildman–Crippen LogP) is 4.87. The van der Waals surface area contributed by atoms with Crippen molar-refractivity contribution in [1.29, 1.82) is 0 Å². The Kier molecular flexibility index (Phi) is 6.65. The summed E-state index contributed by atoms with van der Waals surface area (Å²) in [4.78, 5) is 32.7. The van der Waals surface area contributed by atoms with Crippen LogP contribution >= 0.6 is 11.8 Å². The van der Waals surface area contributed by atoms with E-state index in [0.29, 0.717) is 29.5 Å². The van der Waals surface area contributed by atoms with Crippen LogP contribution in [0.15, 0.2) is 70.9 Å². The SMILES string of the molecule is CCOc1ccc(C2C(C(=O)OCc3ccccc3)=C(C)N=C3SC(CC)C(=O)N32)cc1. The van der Waals surface area contributed by atoms with Gasteiger partial charge in [0.05, 0.1) is 29.2 Å². The normalized spacial score (nSPS) is 20.2. The molecule has 0 radical (unpaired) electrons. The van der Waals surface area contributed by atoms with Gasteiger partial charge < -0.3 is 9.47 Å². The molecular formula is C25H26N2O4S. The van der Waals surface area contributed by atoms with Crippen molar-refractivity contribution in [3.63, 3.8) is 0 Å². The molecule has 0 bridgehead atoms. The van der Waals surface area contributed by atoms with E-state index < -0.39 is 12.0 Å². The molecule has 0 aromatic heterocycles. The molecule has 0 aliphatic carbocycles. The molecule has 1 saturated heterocycles. The smallest absolute Gasteiger partial charge is 0.338 e. The zero-order valence-corrected chi connectivity index (χ0v) is 19.2. The molecule has 2 aliphatic heterocycles. The van der Waals surface area contributed by atoms with Crippen LogP contribution in [-0.4, -0.2) is 33.8 Å². The zero-order chi connectivity index (χ0) is 22.7. The molecule has 32 heavy (non-hydrogen) atoms. The van der Waals surface area contributed by atoms with Crippen molar-refractivity contribution in [2.24, 2.45) is 4.99 Å². The summed E-state index contributed by atoms with van der Waals surface area (Å²) < 4.78 is 11.2. The number of benzene rings is 2. The number of allylic oxidation sites excluding steroid dienone is 1. The van der Waals surface area contributed by atoms with E-state index in [2.05, 4.69) is 4.99 Å². The van der Waals surface area contributed by atoms with E-state index in [1.807, 2.05) is 68.4 Å². The van der Waals surface area contributed by atoms with E-state index in [1.165, 1.54) is 11.8 Å². The highest BCUT2D eigenvalue weighted by Crippen LogP contribution is 2.44. The highest BCUT2D eigenvalue weighted by molar-refractivity contribution is 8.15. The minimum absolute atomic E-state index is 0.0315. The fourth-order valence-electron chi connectivity index (χ4n) is 3.88. The van der Waals surface area contributed by atoms with Crippen molar-refractivity contribution in [3.05, 3.63) is 77.0 Å². The van der Waals surface area contributed by atoms with Crippen LogP contribution in [0.25, 0.3) is 0 Å². The maximum atomic E-state index is 13.3. The lowest BCUT2D eigenvalue weighted by molar-refractivity contribution is -0.141. The van der Waals surface area contributed by atoms with Crippen LogP contribution in [-0.2, 0) is 20.9 Å². The van der Waals surface area contributed by atoms with Gasteiger partial charge in [-0.25, -0.2) is 9.79 Å². The molecule has 2 aliphatic rings. The number of amidine groups is 1. The fraction of sp³-hybridized carbons (Fsp3) is 0.320. The molecular weight excluding hydrogens is 424 g/mol. The minimum Gasteiger partial charge on any atom is -0.494 e. The molecule has 2 heterocycles. The number of thioether (sulfide) groups is 1. The first-order valence-electron chi connectivity index (χ1n) is 10.8. The molecule has 6 nitrogen and oxygen atoms in total. The van der Waals surface area contributed by atoms with Gasteiger partial charge in [0.1, 0.15) is 12.4 Å². The summed E-state index contributed by atoms with van der Waals surface area (Å²) in [6.07, 6.45) is 0.696. The lowest BCUT2D eigenvalue weighted by Gasteiger charge is -2.33. The maximum Gasteiger partial charge on any atom is 0.338 e. The zero-order valence-electron chi connectivity index (χ0n) is 18.4. The van der Waals surface area contributed by atoms with Crippen LogP contribution in [0.1, 0.15) is 44.4 Å². The van der Waals surface area contributed by atoms with E-state index in [0.717, 1.165) is 16.9 Å². The van der Waals surface area contributed by atoms with Gasteiger partial charge in [-0.1, -0.05) is 61.2 Å². The first-order chi connectivity index (χ1) is 15.5. The molecule has 166 valence electrons. The van der Waals surface area contributed by atoms with Crippen molar-refractivity contribution in [1.82, 2.24) is 4.90 Å². The minimum atomic E-state index is -0.585. The van der Waals surface area contributed by atoms with Crippen molar-refractivity contribution >= 4 is 28.8 Å². The number of hydrogen-bond acceptors (Lipinski definition) is 6. The third kappa shape index (κ3) is 4.30. The van der Waals surface area contributed by atoms with Crippen LogP contribution in [0.2, 0.25) is 0 Å². The van der Waals surface area contributed by atoms with Gasteiger partial charge in [0.2, 0.25) is 5.91 Å². The Hall–Kier alpha value is -3.06. The quantitative estimate of drug-likeness (QED) is 0.563. The summed E-state index contributed by atoms with van der Waals surface area (Å²) in [7, 11) is 0. The first kappa shape index (κ1) is 22.1. The Bertz CT molecular complexity index is 1060. The highest BCUT2D eigenvalue weighted by atomic mass is 32.2.